The molecule has 1 aliphatic carbocycles. The summed E-state index contributed by atoms with van der Waals surface area (Å²) in [4.78, 5) is 24.8. The second kappa shape index (κ2) is 7.91. The van der Waals surface area contributed by atoms with Gasteiger partial charge in [0.25, 0.3) is 5.91 Å². The molecule has 0 saturated heterocycles. The van der Waals surface area contributed by atoms with Crippen LogP contribution in [0.1, 0.15) is 39.2 Å². The maximum Gasteiger partial charge on any atom is 0.261 e. The van der Waals surface area contributed by atoms with E-state index in [4.69, 9.17) is 4.74 Å². The van der Waals surface area contributed by atoms with Gasteiger partial charge in [-0.3, -0.25) is 9.59 Å². The van der Waals surface area contributed by atoms with E-state index in [0.29, 0.717) is 18.0 Å². The van der Waals surface area contributed by atoms with Crippen molar-refractivity contribution in [2.45, 2.75) is 33.6 Å². The number of hydrogen-bond donors (Lipinski definition) is 2. The highest BCUT2D eigenvalue weighted by atomic mass is 32.1. The summed E-state index contributed by atoms with van der Waals surface area (Å²) in [6.07, 6.45) is 1.92. The average Bonchev–Trinajstić information content (AvgIpc) is 3.37. The number of aryl methyl sites for hydroxylation is 3. The summed E-state index contributed by atoms with van der Waals surface area (Å²) in [6, 6.07) is 7.88. The number of ether oxygens (including phenoxy) is 1. The van der Waals surface area contributed by atoms with Gasteiger partial charge in [-0.05, 0) is 56.9 Å². The van der Waals surface area contributed by atoms with Crippen LogP contribution in [-0.4, -0.2) is 25.0 Å². The van der Waals surface area contributed by atoms with Gasteiger partial charge in [-0.15, -0.1) is 11.3 Å². The Morgan fingerprint density at radius 3 is 2.62 bits per heavy atom. The number of thiophene rings is 1. The number of hydrogen-bond acceptors (Lipinski definition) is 4. The second-order valence-electron chi connectivity index (χ2n) is 6.76. The minimum absolute atomic E-state index is 0.0556. The first kappa shape index (κ1) is 18.5. The van der Waals surface area contributed by atoms with Crippen LogP contribution in [0, 0.1) is 26.7 Å². The fourth-order valence-electron chi connectivity index (χ4n) is 2.71. The molecule has 2 N–H and O–H groups in total. The van der Waals surface area contributed by atoms with Crippen molar-refractivity contribution in [3.8, 4) is 5.75 Å². The van der Waals surface area contributed by atoms with Gasteiger partial charge >= 0.3 is 0 Å². The predicted octanol–water partition coefficient (Wildman–Crippen LogP) is 3.83. The Hall–Kier alpha value is -2.34. The summed E-state index contributed by atoms with van der Waals surface area (Å²) in [5.41, 5.74) is 3.15. The van der Waals surface area contributed by atoms with E-state index in [2.05, 4.69) is 16.7 Å². The van der Waals surface area contributed by atoms with Gasteiger partial charge < -0.3 is 15.4 Å². The molecular weight excluding hydrogens is 348 g/mol. The van der Waals surface area contributed by atoms with Crippen molar-refractivity contribution in [3.05, 3.63) is 45.8 Å². The van der Waals surface area contributed by atoms with Gasteiger partial charge in [-0.1, -0.05) is 17.7 Å². The fourth-order valence-corrected chi connectivity index (χ4v) is 3.70. The van der Waals surface area contributed by atoms with Gasteiger partial charge in [0.05, 0.1) is 16.4 Å². The molecule has 0 bridgehead atoms. The van der Waals surface area contributed by atoms with E-state index in [9.17, 15) is 9.59 Å². The zero-order chi connectivity index (χ0) is 18.7. The third kappa shape index (κ3) is 4.64. The summed E-state index contributed by atoms with van der Waals surface area (Å²) >= 11 is 1.31. The van der Waals surface area contributed by atoms with Crippen LogP contribution in [0.3, 0.4) is 0 Å². The minimum Gasteiger partial charge on any atom is -0.491 e. The molecule has 0 aliphatic heterocycles. The Balaban J connectivity index is 1.48. The van der Waals surface area contributed by atoms with Crippen molar-refractivity contribution in [1.82, 2.24) is 5.32 Å². The Kier molecular flexibility index (Phi) is 5.61. The van der Waals surface area contributed by atoms with E-state index in [-0.39, 0.29) is 17.7 Å². The van der Waals surface area contributed by atoms with Crippen LogP contribution in [0.5, 0.6) is 5.75 Å². The van der Waals surface area contributed by atoms with Crippen LogP contribution in [0.2, 0.25) is 0 Å². The fraction of sp³-hybridized carbons (Fsp3) is 0.400. The molecule has 26 heavy (non-hydrogen) atoms. The molecular formula is C20H24N2O3S. The van der Waals surface area contributed by atoms with Crippen molar-refractivity contribution in [3.63, 3.8) is 0 Å². The lowest BCUT2D eigenvalue weighted by Gasteiger charge is -2.10. The topological polar surface area (TPSA) is 67.4 Å². The molecule has 6 heteroatoms. The van der Waals surface area contributed by atoms with Gasteiger partial charge in [0, 0.05) is 5.92 Å². The summed E-state index contributed by atoms with van der Waals surface area (Å²) in [5, 5.41) is 6.50. The average molecular weight is 372 g/mol. The molecule has 5 nitrogen and oxygen atoms in total. The zero-order valence-corrected chi connectivity index (χ0v) is 16.2. The molecule has 0 radical (unpaired) electrons. The number of amides is 2. The number of rotatable bonds is 7. The van der Waals surface area contributed by atoms with Crippen LogP contribution in [0.25, 0.3) is 0 Å². The van der Waals surface area contributed by atoms with Gasteiger partial charge in [-0.25, -0.2) is 0 Å². The Morgan fingerprint density at radius 1 is 1.15 bits per heavy atom. The first-order valence-electron chi connectivity index (χ1n) is 8.83. The molecule has 3 rings (SSSR count). The lowest BCUT2D eigenvalue weighted by Crippen LogP contribution is -2.28. The second-order valence-corrected chi connectivity index (χ2v) is 7.81. The van der Waals surface area contributed by atoms with Crippen LogP contribution >= 0.6 is 11.3 Å². The molecule has 0 atom stereocenters. The summed E-state index contributed by atoms with van der Waals surface area (Å²) in [5.74, 6) is 0.906. The van der Waals surface area contributed by atoms with Crippen LogP contribution < -0.4 is 15.4 Å². The van der Waals surface area contributed by atoms with Gasteiger partial charge in [-0.2, -0.15) is 0 Å². The number of nitrogens with one attached hydrogen (secondary N) is 2. The standard InChI is InChI=1S/C20H24N2O3S/c1-12-4-7-16(13(2)10-12)25-9-8-21-20(24)18-14(3)11-17(26-18)22-19(23)15-5-6-15/h4,7,10-11,15H,5-6,8-9H2,1-3H3,(H,21,24)(H,22,23). The molecule has 2 amide bonds. The van der Waals surface area contributed by atoms with E-state index < -0.39 is 0 Å². The molecule has 0 spiro atoms. The van der Waals surface area contributed by atoms with Gasteiger partial charge in [0.1, 0.15) is 12.4 Å². The molecule has 2 aromatic rings. The Labute approximate surface area is 157 Å². The van der Waals surface area contributed by atoms with Gasteiger partial charge in [0.15, 0.2) is 0 Å². The van der Waals surface area contributed by atoms with Gasteiger partial charge in [0.2, 0.25) is 5.91 Å². The lowest BCUT2D eigenvalue weighted by molar-refractivity contribution is -0.117. The van der Waals surface area contributed by atoms with E-state index >= 15 is 0 Å². The monoisotopic (exact) mass is 372 g/mol. The Bertz CT molecular complexity index is 824. The summed E-state index contributed by atoms with van der Waals surface area (Å²) in [6.45, 7) is 6.76. The molecule has 1 aliphatic rings. The molecule has 0 unspecified atom stereocenters. The Morgan fingerprint density at radius 2 is 1.92 bits per heavy atom. The molecule has 1 saturated carbocycles. The molecule has 1 aromatic carbocycles. The van der Waals surface area contributed by atoms with Crippen molar-refractivity contribution in [2.75, 3.05) is 18.5 Å². The highest BCUT2D eigenvalue weighted by Crippen LogP contribution is 2.32. The zero-order valence-electron chi connectivity index (χ0n) is 15.3. The van der Waals surface area contributed by atoms with Crippen LogP contribution in [0.15, 0.2) is 24.3 Å². The van der Waals surface area contributed by atoms with E-state index in [1.807, 2.05) is 39.0 Å². The molecule has 1 fully saturated rings. The van der Waals surface area contributed by atoms with Crippen molar-refractivity contribution in [1.29, 1.82) is 0 Å². The van der Waals surface area contributed by atoms with E-state index in [1.54, 1.807) is 0 Å². The summed E-state index contributed by atoms with van der Waals surface area (Å²) < 4.78 is 5.73. The number of carbonyl (C=O) groups excluding carboxylic acids is 2. The van der Waals surface area contributed by atoms with Crippen LogP contribution in [-0.2, 0) is 4.79 Å². The van der Waals surface area contributed by atoms with Crippen molar-refractivity contribution < 1.29 is 14.3 Å². The van der Waals surface area contributed by atoms with Crippen LogP contribution in [0.4, 0.5) is 5.00 Å². The summed E-state index contributed by atoms with van der Waals surface area (Å²) in [7, 11) is 0. The first-order chi connectivity index (χ1) is 12.4. The highest BCUT2D eigenvalue weighted by molar-refractivity contribution is 7.18. The van der Waals surface area contributed by atoms with Crippen molar-refractivity contribution in [2.24, 2.45) is 5.92 Å². The third-order valence-electron chi connectivity index (χ3n) is 4.29. The smallest absolute Gasteiger partial charge is 0.261 e. The molecule has 1 aromatic heterocycles. The maximum atomic E-state index is 12.4. The quantitative estimate of drug-likeness (QED) is 0.726. The SMILES string of the molecule is Cc1ccc(OCCNC(=O)c2sc(NC(=O)C3CC3)cc2C)c(C)c1. The molecule has 138 valence electrons. The van der Waals surface area contributed by atoms with Crippen molar-refractivity contribution >= 4 is 28.2 Å². The molecule has 1 heterocycles. The first-order valence-corrected chi connectivity index (χ1v) is 9.65. The highest BCUT2D eigenvalue weighted by Gasteiger charge is 2.30. The normalized spacial score (nSPS) is 13.3. The van der Waals surface area contributed by atoms with E-state index in [1.165, 1.54) is 16.9 Å². The third-order valence-corrected chi connectivity index (χ3v) is 5.45. The minimum atomic E-state index is -0.136. The lowest BCUT2D eigenvalue weighted by atomic mass is 10.1. The number of carbonyl (C=O) groups is 2. The van der Waals surface area contributed by atoms with E-state index in [0.717, 1.165) is 34.7 Å². The predicted molar refractivity (Wildman–Crippen MR) is 104 cm³/mol. The number of anilines is 1. The maximum absolute atomic E-state index is 12.4. The largest absolute Gasteiger partial charge is 0.491 e. The number of benzene rings is 1.